The zero-order valence-electron chi connectivity index (χ0n) is 12.0. The molecule has 1 aliphatic carbocycles. The molecule has 0 spiro atoms. The minimum atomic E-state index is 0.561. The third kappa shape index (κ3) is 2.85. The van der Waals surface area contributed by atoms with E-state index in [1.54, 1.807) is 0 Å². The summed E-state index contributed by atoms with van der Waals surface area (Å²) in [6, 6.07) is 12.3. The van der Waals surface area contributed by atoms with Crippen molar-refractivity contribution in [3.8, 4) is 0 Å². The van der Waals surface area contributed by atoms with Crippen molar-refractivity contribution >= 4 is 0 Å². The van der Waals surface area contributed by atoms with Crippen LogP contribution in [0.25, 0.3) is 0 Å². The van der Waals surface area contributed by atoms with Crippen molar-refractivity contribution in [2.24, 2.45) is 5.92 Å². The zero-order valence-corrected chi connectivity index (χ0v) is 12.0. The Kier molecular flexibility index (Phi) is 4.19. The lowest BCUT2D eigenvalue weighted by Crippen LogP contribution is -2.51. The standard InChI is InChI=1S/C17H26N2/c1-14(15-7-5-6-8-15)19-12-11-18-13-17(19)16-9-3-2-4-10-16/h2-4,9-10,14-15,17-18H,5-8,11-13H2,1H3. The normalized spacial score (nSPS) is 27.5. The maximum absolute atomic E-state index is 3.57. The summed E-state index contributed by atoms with van der Waals surface area (Å²) in [6.07, 6.45) is 5.76. The lowest BCUT2D eigenvalue weighted by molar-refractivity contribution is 0.0809. The van der Waals surface area contributed by atoms with E-state index in [0.29, 0.717) is 6.04 Å². The van der Waals surface area contributed by atoms with Gasteiger partial charge in [0.1, 0.15) is 0 Å². The van der Waals surface area contributed by atoms with Gasteiger partial charge in [-0.25, -0.2) is 0 Å². The molecule has 1 saturated carbocycles. The molecule has 0 aromatic heterocycles. The van der Waals surface area contributed by atoms with Crippen LogP contribution in [-0.2, 0) is 0 Å². The predicted octanol–water partition coefficient (Wildman–Crippen LogP) is 3.21. The van der Waals surface area contributed by atoms with E-state index in [-0.39, 0.29) is 0 Å². The van der Waals surface area contributed by atoms with E-state index in [2.05, 4.69) is 47.5 Å². The van der Waals surface area contributed by atoms with Gasteiger partial charge in [0, 0.05) is 31.7 Å². The van der Waals surface area contributed by atoms with E-state index in [1.807, 2.05) is 0 Å². The van der Waals surface area contributed by atoms with E-state index in [9.17, 15) is 0 Å². The number of nitrogens with one attached hydrogen (secondary N) is 1. The van der Waals surface area contributed by atoms with Crippen molar-refractivity contribution < 1.29 is 0 Å². The van der Waals surface area contributed by atoms with Crippen LogP contribution in [0.5, 0.6) is 0 Å². The molecule has 2 heteroatoms. The summed E-state index contributed by atoms with van der Waals surface area (Å²) >= 11 is 0. The largest absolute Gasteiger partial charge is 0.314 e. The van der Waals surface area contributed by atoms with Crippen LogP contribution in [0.15, 0.2) is 30.3 Å². The summed E-state index contributed by atoms with van der Waals surface area (Å²) in [5, 5.41) is 3.57. The van der Waals surface area contributed by atoms with Gasteiger partial charge in [-0.1, -0.05) is 43.2 Å². The molecule has 1 saturated heterocycles. The molecule has 1 heterocycles. The fourth-order valence-electron chi connectivity index (χ4n) is 3.90. The van der Waals surface area contributed by atoms with Gasteiger partial charge < -0.3 is 5.32 Å². The summed E-state index contributed by atoms with van der Waals surface area (Å²) in [5.74, 6) is 0.921. The Hall–Kier alpha value is -0.860. The first-order chi connectivity index (χ1) is 9.36. The van der Waals surface area contributed by atoms with Crippen LogP contribution in [0.2, 0.25) is 0 Å². The first kappa shape index (κ1) is 13.1. The van der Waals surface area contributed by atoms with Gasteiger partial charge in [-0.2, -0.15) is 0 Å². The predicted molar refractivity (Wildman–Crippen MR) is 80.2 cm³/mol. The topological polar surface area (TPSA) is 15.3 Å². The number of benzene rings is 1. The van der Waals surface area contributed by atoms with Gasteiger partial charge in [0.25, 0.3) is 0 Å². The Bertz CT molecular complexity index is 384. The molecule has 19 heavy (non-hydrogen) atoms. The summed E-state index contributed by atoms with van der Waals surface area (Å²) in [6.45, 7) is 5.88. The maximum Gasteiger partial charge on any atom is 0.0476 e. The molecule has 2 atom stereocenters. The lowest BCUT2D eigenvalue weighted by Gasteiger charge is -2.42. The average molecular weight is 258 g/mol. The minimum Gasteiger partial charge on any atom is -0.314 e. The van der Waals surface area contributed by atoms with Crippen LogP contribution < -0.4 is 5.32 Å². The molecule has 0 amide bonds. The minimum absolute atomic E-state index is 0.561. The van der Waals surface area contributed by atoms with Crippen molar-refractivity contribution in [2.45, 2.75) is 44.7 Å². The van der Waals surface area contributed by atoms with Crippen LogP contribution in [0, 0.1) is 5.92 Å². The smallest absolute Gasteiger partial charge is 0.0476 e. The average Bonchev–Trinajstić information content (AvgIpc) is 3.02. The molecule has 1 aromatic carbocycles. The molecule has 3 rings (SSSR count). The highest BCUT2D eigenvalue weighted by molar-refractivity contribution is 5.20. The van der Waals surface area contributed by atoms with Gasteiger partial charge in [-0.3, -0.25) is 4.90 Å². The van der Waals surface area contributed by atoms with Crippen LogP contribution in [0.4, 0.5) is 0 Å². The van der Waals surface area contributed by atoms with E-state index < -0.39 is 0 Å². The SMILES string of the molecule is CC(C1CCCC1)N1CCNCC1c1ccccc1. The summed E-state index contributed by atoms with van der Waals surface area (Å²) in [4.78, 5) is 2.75. The highest BCUT2D eigenvalue weighted by atomic mass is 15.2. The molecule has 1 aliphatic heterocycles. The lowest BCUT2D eigenvalue weighted by atomic mass is 9.93. The highest BCUT2D eigenvalue weighted by Gasteiger charge is 2.32. The van der Waals surface area contributed by atoms with Crippen LogP contribution in [0.1, 0.15) is 44.2 Å². The second-order valence-electron chi connectivity index (χ2n) is 6.15. The zero-order chi connectivity index (χ0) is 13.1. The van der Waals surface area contributed by atoms with E-state index in [4.69, 9.17) is 0 Å². The Morgan fingerprint density at radius 2 is 1.89 bits per heavy atom. The first-order valence-corrected chi connectivity index (χ1v) is 7.87. The molecular formula is C17H26N2. The number of rotatable bonds is 3. The third-order valence-electron chi connectivity index (χ3n) is 5.07. The quantitative estimate of drug-likeness (QED) is 0.895. The molecule has 104 valence electrons. The van der Waals surface area contributed by atoms with Gasteiger partial charge in [-0.15, -0.1) is 0 Å². The van der Waals surface area contributed by atoms with Gasteiger partial charge in [0.15, 0.2) is 0 Å². The molecule has 0 radical (unpaired) electrons. The van der Waals surface area contributed by atoms with E-state index in [0.717, 1.165) is 25.0 Å². The van der Waals surface area contributed by atoms with Crippen molar-refractivity contribution in [2.75, 3.05) is 19.6 Å². The monoisotopic (exact) mass is 258 g/mol. The van der Waals surface area contributed by atoms with Crippen molar-refractivity contribution in [1.29, 1.82) is 0 Å². The second kappa shape index (κ2) is 6.06. The molecule has 1 aromatic rings. The van der Waals surface area contributed by atoms with Crippen LogP contribution >= 0.6 is 0 Å². The van der Waals surface area contributed by atoms with Gasteiger partial charge in [-0.05, 0) is 31.2 Å². The Morgan fingerprint density at radius 1 is 1.16 bits per heavy atom. The van der Waals surface area contributed by atoms with E-state index in [1.165, 1.54) is 37.8 Å². The van der Waals surface area contributed by atoms with Crippen molar-refractivity contribution in [3.05, 3.63) is 35.9 Å². The molecule has 2 unspecified atom stereocenters. The van der Waals surface area contributed by atoms with Crippen LogP contribution in [-0.4, -0.2) is 30.6 Å². The summed E-state index contributed by atoms with van der Waals surface area (Å²) in [5.41, 5.74) is 1.47. The molecule has 2 fully saturated rings. The number of piperazine rings is 1. The molecule has 2 nitrogen and oxygen atoms in total. The summed E-state index contributed by atoms with van der Waals surface area (Å²) in [7, 11) is 0. The number of nitrogens with zero attached hydrogens (tertiary/aromatic N) is 1. The maximum atomic E-state index is 3.57. The molecule has 2 aliphatic rings. The molecule has 0 bridgehead atoms. The Labute approximate surface area is 117 Å². The Morgan fingerprint density at radius 3 is 2.63 bits per heavy atom. The van der Waals surface area contributed by atoms with Gasteiger partial charge in [0.2, 0.25) is 0 Å². The fraction of sp³-hybridized carbons (Fsp3) is 0.647. The second-order valence-corrected chi connectivity index (χ2v) is 6.15. The molecular weight excluding hydrogens is 232 g/mol. The number of hydrogen-bond donors (Lipinski definition) is 1. The first-order valence-electron chi connectivity index (χ1n) is 7.87. The number of hydrogen-bond acceptors (Lipinski definition) is 2. The fourth-order valence-corrected chi connectivity index (χ4v) is 3.90. The summed E-state index contributed by atoms with van der Waals surface area (Å²) < 4.78 is 0. The van der Waals surface area contributed by atoms with Gasteiger partial charge >= 0.3 is 0 Å². The Balaban J connectivity index is 1.77. The molecule has 1 N–H and O–H groups in total. The van der Waals surface area contributed by atoms with Crippen molar-refractivity contribution in [1.82, 2.24) is 10.2 Å². The highest BCUT2D eigenvalue weighted by Crippen LogP contribution is 2.34. The van der Waals surface area contributed by atoms with Gasteiger partial charge in [0.05, 0.1) is 0 Å². The van der Waals surface area contributed by atoms with Crippen LogP contribution in [0.3, 0.4) is 0 Å². The third-order valence-corrected chi connectivity index (χ3v) is 5.07. The van der Waals surface area contributed by atoms with Crippen molar-refractivity contribution in [3.63, 3.8) is 0 Å². The van der Waals surface area contributed by atoms with E-state index >= 15 is 0 Å².